The van der Waals surface area contributed by atoms with Crippen LogP contribution in [0.4, 0.5) is 0 Å². The Bertz CT molecular complexity index is 796. The smallest absolute Gasteiger partial charge is 0.261 e. The number of rotatable bonds is 9. The standard InChI is InChI=1S/C21H24Cl2N2O3/c1-3-12-24-21(27)15(2)25(13-16-8-10-17(22)11-9-16)20(26)14-28-19-7-5-4-6-18(19)23/h4-11,15H,3,12-14H2,1-2H3,(H,24,27)/t15-/m0/s1. The maximum absolute atomic E-state index is 12.9. The SMILES string of the molecule is CCCNC(=O)[C@H](C)N(Cc1ccc(Cl)cc1)C(=O)COc1ccccc1Cl. The number of ether oxygens (including phenoxy) is 1. The molecule has 2 rings (SSSR count). The zero-order valence-corrected chi connectivity index (χ0v) is 17.5. The van der Waals surface area contributed by atoms with Crippen molar-refractivity contribution in [1.82, 2.24) is 10.2 Å². The van der Waals surface area contributed by atoms with E-state index in [1.165, 1.54) is 4.90 Å². The molecule has 0 aliphatic rings. The van der Waals surface area contributed by atoms with Crippen LogP contribution in [0.15, 0.2) is 48.5 Å². The summed E-state index contributed by atoms with van der Waals surface area (Å²) in [6.07, 6.45) is 0.819. The molecule has 5 nitrogen and oxygen atoms in total. The molecule has 7 heteroatoms. The molecule has 0 spiro atoms. The first-order valence-corrected chi connectivity index (χ1v) is 9.87. The van der Waals surface area contributed by atoms with E-state index in [2.05, 4.69) is 5.32 Å². The Balaban J connectivity index is 2.13. The van der Waals surface area contributed by atoms with Crippen molar-refractivity contribution in [3.05, 3.63) is 64.1 Å². The molecule has 0 saturated carbocycles. The van der Waals surface area contributed by atoms with Gasteiger partial charge < -0.3 is 15.0 Å². The molecular formula is C21H24Cl2N2O3. The number of carbonyl (C=O) groups excluding carboxylic acids is 2. The van der Waals surface area contributed by atoms with E-state index in [1.54, 1.807) is 43.3 Å². The van der Waals surface area contributed by atoms with Crippen molar-refractivity contribution in [3.63, 3.8) is 0 Å². The largest absolute Gasteiger partial charge is 0.482 e. The maximum Gasteiger partial charge on any atom is 0.261 e. The number of carbonyl (C=O) groups is 2. The number of para-hydroxylation sites is 1. The highest BCUT2D eigenvalue weighted by atomic mass is 35.5. The van der Waals surface area contributed by atoms with Crippen LogP contribution >= 0.6 is 23.2 Å². The molecule has 0 bridgehead atoms. The summed E-state index contributed by atoms with van der Waals surface area (Å²) >= 11 is 12.0. The topological polar surface area (TPSA) is 58.6 Å². The Morgan fingerprint density at radius 2 is 1.79 bits per heavy atom. The van der Waals surface area contributed by atoms with E-state index in [4.69, 9.17) is 27.9 Å². The first kappa shape index (κ1) is 22.1. The van der Waals surface area contributed by atoms with Gasteiger partial charge in [0.1, 0.15) is 11.8 Å². The molecule has 0 unspecified atom stereocenters. The van der Waals surface area contributed by atoms with Gasteiger partial charge in [0.05, 0.1) is 5.02 Å². The van der Waals surface area contributed by atoms with Crippen LogP contribution in [0.5, 0.6) is 5.75 Å². The van der Waals surface area contributed by atoms with Crippen LogP contribution in [0.2, 0.25) is 10.0 Å². The predicted octanol–water partition coefficient (Wildman–Crippen LogP) is 4.32. The third kappa shape index (κ3) is 6.43. The normalized spacial score (nSPS) is 11.6. The van der Waals surface area contributed by atoms with Gasteiger partial charge in [0.2, 0.25) is 5.91 Å². The first-order chi connectivity index (χ1) is 13.4. The summed E-state index contributed by atoms with van der Waals surface area (Å²) in [6.45, 7) is 4.28. The van der Waals surface area contributed by atoms with Gasteiger partial charge in [-0.05, 0) is 43.2 Å². The third-order valence-electron chi connectivity index (χ3n) is 4.17. The third-order valence-corrected chi connectivity index (χ3v) is 4.73. The Labute approximate surface area is 175 Å². The Morgan fingerprint density at radius 1 is 1.11 bits per heavy atom. The minimum atomic E-state index is -0.649. The summed E-state index contributed by atoms with van der Waals surface area (Å²) in [6, 6.07) is 13.4. The van der Waals surface area contributed by atoms with Crippen LogP contribution in [0.1, 0.15) is 25.8 Å². The lowest BCUT2D eigenvalue weighted by Crippen LogP contribution is -2.49. The summed E-state index contributed by atoms with van der Waals surface area (Å²) in [7, 11) is 0. The van der Waals surface area contributed by atoms with Crippen molar-refractivity contribution in [2.24, 2.45) is 0 Å². The summed E-state index contributed by atoms with van der Waals surface area (Å²) in [4.78, 5) is 26.8. The highest BCUT2D eigenvalue weighted by molar-refractivity contribution is 6.32. The Kier molecular flexibility index (Phi) is 8.61. The molecule has 0 fully saturated rings. The second-order valence-corrected chi connectivity index (χ2v) is 7.18. The van der Waals surface area contributed by atoms with E-state index in [-0.39, 0.29) is 25.0 Å². The number of halogens is 2. The number of benzene rings is 2. The lowest BCUT2D eigenvalue weighted by Gasteiger charge is -2.28. The van der Waals surface area contributed by atoms with Gasteiger partial charge in [0, 0.05) is 18.1 Å². The number of nitrogens with one attached hydrogen (secondary N) is 1. The number of nitrogens with zero attached hydrogens (tertiary/aromatic N) is 1. The van der Waals surface area contributed by atoms with Gasteiger partial charge in [-0.3, -0.25) is 9.59 Å². The molecule has 0 aliphatic heterocycles. The quantitative estimate of drug-likeness (QED) is 0.654. The van der Waals surface area contributed by atoms with Gasteiger partial charge in [0.15, 0.2) is 6.61 Å². The van der Waals surface area contributed by atoms with Crippen LogP contribution in [-0.2, 0) is 16.1 Å². The summed E-state index contributed by atoms with van der Waals surface area (Å²) in [5, 5.41) is 3.86. The molecule has 0 aromatic heterocycles. The molecule has 1 atom stereocenters. The second kappa shape index (κ2) is 10.9. The maximum atomic E-state index is 12.9. The molecule has 0 saturated heterocycles. The second-order valence-electron chi connectivity index (χ2n) is 6.33. The number of hydrogen-bond donors (Lipinski definition) is 1. The molecule has 0 heterocycles. The minimum absolute atomic E-state index is 0.207. The molecule has 2 amide bonds. The fourth-order valence-corrected chi connectivity index (χ4v) is 2.87. The predicted molar refractivity (Wildman–Crippen MR) is 112 cm³/mol. The zero-order chi connectivity index (χ0) is 20.5. The number of hydrogen-bond acceptors (Lipinski definition) is 3. The lowest BCUT2D eigenvalue weighted by atomic mass is 10.1. The zero-order valence-electron chi connectivity index (χ0n) is 16.0. The van der Waals surface area contributed by atoms with E-state index in [0.717, 1.165) is 12.0 Å². The Morgan fingerprint density at radius 3 is 2.43 bits per heavy atom. The summed E-state index contributed by atoms with van der Waals surface area (Å²) in [5.74, 6) is -0.0945. The van der Waals surface area contributed by atoms with Crippen molar-refractivity contribution in [2.45, 2.75) is 32.9 Å². The average Bonchev–Trinajstić information content (AvgIpc) is 2.70. The van der Waals surface area contributed by atoms with Gasteiger partial charge >= 0.3 is 0 Å². The fourth-order valence-electron chi connectivity index (χ4n) is 2.55. The molecule has 2 aromatic carbocycles. The van der Waals surface area contributed by atoms with Gasteiger partial charge in [-0.1, -0.05) is 54.4 Å². The highest BCUT2D eigenvalue weighted by Crippen LogP contribution is 2.23. The van der Waals surface area contributed by atoms with Crippen LogP contribution in [-0.4, -0.2) is 35.9 Å². The lowest BCUT2D eigenvalue weighted by molar-refractivity contribution is -0.142. The first-order valence-electron chi connectivity index (χ1n) is 9.11. The molecule has 2 aromatic rings. The van der Waals surface area contributed by atoms with Gasteiger partial charge in [0.25, 0.3) is 5.91 Å². The molecule has 1 N–H and O–H groups in total. The minimum Gasteiger partial charge on any atom is -0.482 e. The van der Waals surface area contributed by atoms with Gasteiger partial charge in [-0.15, -0.1) is 0 Å². The monoisotopic (exact) mass is 422 g/mol. The van der Waals surface area contributed by atoms with Crippen molar-refractivity contribution in [2.75, 3.05) is 13.2 Å². The van der Waals surface area contributed by atoms with Crippen LogP contribution in [0, 0.1) is 0 Å². The van der Waals surface area contributed by atoms with Gasteiger partial charge in [-0.2, -0.15) is 0 Å². The van der Waals surface area contributed by atoms with Crippen molar-refractivity contribution in [3.8, 4) is 5.75 Å². The van der Waals surface area contributed by atoms with Crippen LogP contribution in [0.25, 0.3) is 0 Å². The van der Waals surface area contributed by atoms with E-state index in [0.29, 0.717) is 22.3 Å². The molecule has 0 aliphatic carbocycles. The van der Waals surface area contributed by atoms with Crippen molar-refractivity contribution in [1.29, 1.82) is 0 Å². The Hall–Kier alpha value is -2.24. The summed E-state index contributed by atoms with van der Waals surface area (Å²) in [5.41, 5.74) is 0.866. The van der Waals surface area contributed by atoms with Crippen LogP contribution in [0.3, 0.4) is 0 Å². The van der Waals surface area contributed by atoms with Crippen molar-refractivity contribution >= 4 is 35.0 Å². The van der Waals surface area contributed by atoms with Crippen LogP contribution < -0.4 is 10.1 Å². The van der Waals surface area contributed by atoms with E-state index >= 15 is 0 Å². The molecule has 28 heavy (non-hydrogen) atoms. The van der Waals surface area contributed by atoms with Crippen molar-refractivity contribution < 1.29 is 14.3 Å². The average molecular weight is 423 g/mol. The van der Waals surface area contributed by atoms with Gasteiger partial charge in [-0.25, -0.2) is 0 Å². The van der Waals surface area contributed by atoms with E-state index in [1.807, 2.05) is 19.1 Å². The number of amides is 2. The highest BCUT2D eigenvalue weighted by Gasteiger charge is 2.26. The fraction of sp³-hybridized carbons (Fsp3) is 0.333. The van der Waals surface area contributed by atoms with E-state index < -0.39 is 6.04 Å². The van der Waals surface area contributed by atoms with E-state index in [9.17, 15) is 9.59 Å². The molecule has 150 valence electrons. The molecular weight excluding hydrogens is 399 g/mol. The summed E-state index contributed by atoms with van der Waals surface area (Å²) < 4.78 is 5.57. The molecule has 0 radical (unpaired) electrons.